The third-order valence-corrected chi connectivity index (χ3v) is 4.37. The van der Waals surface area contributed by atoms with Gasteiger partial charge in [-0.05, 0) is 39.2 Å². The van der Waals surface area contributed by atoms with E-state index >= 15 is 0 Å². The molecule has 1 amide bonds. The third kappa shape index (κ3) is 4.47. The minimum Gasteiger partial charge on any atom is -0.444 e. The Bertz CT molecular complexity index is 857. The van der Waals surface area contributed by atoms with Crippen LogP contribution in [0.1, 0.15) is 27.2 Å². The second-order valence-electron chi connectivity index (χ2n) is 7.87. The Balaban J connectivity index is 1.62. The van der Waals surface area contributed by atoms with Gasteiger partial charge >= 0.3 is 6.09 Å². The molecule has 0 bridgehead atoms. The molecule has 1 aromatic heterocycles. The Morgan fingerprint density at radius 1 is 1.48 bits per heavy atom. The van der Waals surface area contributed by atoms with Gasteiger partial charge in [0.1, 0.15) is 11.1 Å². The summed E-state index contributed by atoms with van der Waals surface area (Å²) in [7, 11) is 1.86. The summed E-state index contributed by atoms with van der Waals surface area (Å²) in [5, 5.41) is 10.9. The lowest BCUT2D eigenvalue weighted by molar-refractivity contribution is -0.384. The molecule has 1 saturated heterocycles. The maximum atomic E-state index is 12.2. The van der Waals surface area contributed by atoms with Gasteiger partial charge in [0.05, 0.1) is 4.92 Å². The van der Waals surface area contributed by atoms with Crippen molar-refractivity contribution in [3.05, 3.63) is 28.3 Å². The van der Waals surface area contributed by atoms with Gasteiger partial charge in [-0.15, -0.1) is 0 Å². The molecule has 0 radical (unpaired) electrons. The molecule has 1 fully saturated rings. The third-order valence-electron chi connectivity index (χ3n) is 4.37. The van der Waals surface area contributed by atoms with Crippen LogP contribution in [0.3, 0.4) is 0 Å². The fraction of sp³-hybridized carbons (Fsp3) is 0.556. The fourth-order valence-electron chi connectivity index (χ4n) is 3.12. The highest BCUT2D eigenvalue weighted by molar-refractivity contribution is 5.77. The van der Waals surface area contributed by atoms with E-state index in [2.05, 4.69) is 4.98 Å². The highest BCUT2D eigenvalue weighted by atomic mass is 16.6. The van der Waals surface area contributed by atoms with Gasteiger partial charge in [0.2, 0.25) is 0 Å². The number of carbonyl (C=O) groups excluding carboxylic acids is 1. The average molecular weight is 376 g/mol. The predicted molar refractivity (Wildman–Crippen MR) is 99.8 cm³/mol. The molecule has 3 rings (SSSR count). The van der Waals surface area contributed by atoms with E-state index in [4.69, 9.17) is 9.15 Å². The summed E-state index contributed by atoms with van der Waals surface area (Å²) >= 11 is 0. The van der Waals surface area contributed by atoms with E-state index in [1.165, 1.54) is 12.1 Å². The van der Waals surface area contributed by atoms with Gasteiger partial charge in [-0.2, -0.15) is 4.98 Å². The summed E-state index contributed by atoms with van der Waals surface area (Å²) in [5.41, 5.74) is 0.429. The van der Waals surface area contributed by atoms with Crippen LogP contribution in [0.2, 0.25) is 0 Å². The van der Waals surface area contributed by atoms with Crippen LogP contribution in [-0.4, -0.2) is 53.2 Å². The molecule has 0 unspecified atom stereocenters. The zero-order valence-corrected chi connectivity index (χ0v) is 16.0. The van der Waals surface area contributed by atoms with Crippen molar-refractivity contribution in [1.29, 1.82) is 0 Å². The lowest BCUT2D eigenvalue weighted by Crippen LogP contribution is -2.36. The van der Waals surface area contributed by atoms with Crippen molar-refractivity contribution < 1.29 is 18.9 Å². The van der Waals surface area contributed by atoms with Gasteiger partial charge in [-0.1, -0.05) is 0 Å². The molecule has 0 aliphatic carbocycles. The normalized spacial score (nSPS) is 17.3. The molecule has 0 spiro atoms. The van der Waals surface area contributed by atoms with Crippen molar-refractivity contribution >= 4 is 28.9 Å². The van der Waals surface area contributed by atoms with E-state index in [1.54, 1.807) is 11.0 Å². The van der Waals surface area contributed by atoms with Crippen LogP contribution in [0.5, 0.6) is 0 Å². The lowest BCUT2D eigenvalue weighted by atomic mass is 10.1. The molecular weight excluding hydrogens is 352 g/mol. The summed E-state index contributed by atoms with van der Waals surface area (Å²) in [4.78, 5) is 30.5. The van der Waals surface area contributed by atoms with Crippen LogP contribution >= 0.6 is 0 Å². The highest BCUT2D eigenvalue weighted by Crippen LogP contribution is 2.27. The van der Waals surface area contributed by atoms with Crippen molar-refractivity contribution in [2.24, 2.45) is 5.92 Å². The van der Waals surface area contributed by atoms with E-state index in [0.717, 1.165) is 6.42 Å². The number of nitro groups is 1. The summed E-state index contributed by atoms with van der Waals surface area (Å²) < 4.78 is 11.1. The molecule has 2 aromatic rings. The minimum atomic E-state index is -0.507. The van der Waals surface area contributed by atoms with Gasteiger partial charge in [0.25, 0.3) is 11.7 Å². The predicted octanol–water partition coefficient (Wildman–Crippen LogP) is 3.43. The summed E-state index contributed by atoms with van der Waals surface area (Å²) in [6.45, 7) is 7.49. The van der Waals surface area contributed by atoms with E-state index in [0.29, 0.717) is 36.7 Å². The van der Waals surface area contributed by atoms with E-state index in [-0.39, 0.29) is 17.7 Å². The van der Waals surface area contributed by atoms with Gasteiger partial charge in [0.15, 0.2) is 5.58 Å². The van der Waals surface area contributed by atoms with Crippen molar-refractivity contribution in [3.63, 3.8) is 0 Å². The van der Waals surface area contributed by atoms with E-state index in [9.17, 15) is 14.9 Å². The Kier molecular flexibility index (Phi) is 4.95. The molecule has 0 N–H and O–H groups in total. The molecular formula is C18H24N4O5. The number of anilines is 1. The monoisotopic (exact) mass is 376 g/mol. The Hall–Kier alpha value is -2.84. The standard InChI is InChI=1S/C18H24N4O5/c1-18(2,3)27-17(23)21-8-7-12(11-21)10-20(4)16-19-14-9-13(22(24)25)5-6-15(14)26-16/h5-6,9,12H,7-8,10-11H2,1-4H3/t12-/m1/s1. The SMILES string of the molecule is CN(C[C@H]1CCN(C(=O)OC(C)(C)C)C1)c1nc2cc([N+](=O)[O-])ccc2o1. The van der Waals surface area contributed by atoms with Crippen molar-refractivity contribution in [3.8, 4) is 0 Å². The molecule has 146 valence electrons. The molecule has 1 atom stereocenters. The molecule has 27 heavy (non-hydrogen) atoms. The topological polar surface area (TPSA) is 102 Å². The van der Waals surface area contributed by atoms with Crippen molar-refractivity contribution in [2.75, 3.05) is 31.6 Å². The zero-order chi connectivity index (χ0) is 19.8. The van der Waals surface area contributed by atoms with Crippen LogP contribution < -0.4 is 4.90 Å². The van der Waals surface area contributed by atoms with E-state index in [1.807, 2.05) is 32.7 Å². The van der Waals surface area contributed by atoms with Crippen LogP contribution in [0.4, 0.5) is 16.5 Å². The summed E-state index contributed by atoms with van der Waals surface area (Å²) in [6.07, 6.45) is 0.580. The van der Waals surface area contributed by atoms with Crippen molar-refractivity contribution in [2.45, 2.75) is 32.8 Å². The number of fused-ring (bicyclic) bond motifs is 1. The highest BCUT2D eigenvalue weighted by Gasteiger charge is 2.31. The van der Waals surface area contributed by atoms with Crippen LogP contribution in [0.25, 0.3) is 11.1 Å². The number of likely N-dealkylation sites (tertiary alicyclic amines) is 1. The van der Waals surface area contributed by atoms with Gasteiger partial charge in [-0.25, -0.2) is 4.79 Å². The fourth-order valence-corrected chi connectivity index (χ4v) is 3.12. The molecule has 9 nitrogen and oxygen atoms in total. The first-order valence-electron chi connectivity index (χ1n) is 8.86. The number of benzene rings is 1. The van der Waals surface area contributed by atoms with Gasteiger partial charge in [0, 0.05) is 38.8 Å². The zero-order valence-electron chi connectivity index (χ0n) is 16.0. The minimum absolute atomic E-state index is 0.0196. The number of nitrogens with zero attached hydrogens (tertiary/aromatic N) is 4. The van der Waals surface area contributed by atoms with Gasteiger partial charge in [-0.3, -0.25) is 10.1 Å². The molecule has 1 aromatic carbocycles. The van der Waals surface area contributed by atoms with Crippen LogP contribution in [0, 0.1) is 16.0 Å². The Morgan fingerprint density at radius 2 is 2.22 bits per heavy atom. The number of non-ortho nitro benzene ring substituents is 1. The first kappa shape index (κ1) is 18.9. The Morgan fingerprint density at radius 3 is 2.89 bits per heavy atom. The lowest BCUT2D eigenvalue weighted by Gasteiger charge is -2.25. The maximum absolute atomic E-state index is 12.2. The number of nitro benzene ring substituents is 1. The summed E-state index contributed by atoms with van der Waals surface area (Å²) in [5.74, 6) is 0.270. The number of amides is 1. The van der Waals surface area contributed by atoms with Crippen LogP contribution in [0.15, 0.2) is 22.6 Å². The Labute approximate surface area is 157 Å². The second kappa shape index (κ2) is 7.05. The first-order valence-corrected chi connectivity index (χ1v) is 8.86. The smallest absolute Gasteiger partial charge is 0.410 e. The number of hydrogen-bond acceptors (Lipinski definition) is 7. The quantitative estimate of drug-likeness (QED) is 0.595. The van der Waals surface area contributed by atoms with Crippen LogP contribution in [-0.2, 0) is 4.74 Å². The van der Waals surface area contributed by atoms with Crippen molar-refractivity contribution in [1.82, 2.24) is 9.88 Å². The summed E-state index contributed by atoms with van der Waals surface area (Å²) in [6, 6.07) is 4.75. The molecule has 1 aliphatic rings. The average Bonchev–Trinajstić information content (AvgIpc) is 3.18. The number of ether oxygens (including phenoxy) is 1. The molecule has 0 saturated carbocycles. The van der Waals surface area contributed by atoms with E-state index < -0.39 is 10.5 Å². The number of carbonyl (C=O) groups is 1. The maximum Gasteiger partial charge on any atom is 0.410 e. The van der Waals surface area contributed by atoms with Gasteiger partial charge < -0.3 is 19.0 Å². The molecule has 2 heterocycles. The largest absolute Gasteiger partial charge is 0.444 e. The number of rotatable bonds is 4. The number of aromatic nitrogens is 1. The molecule has 9 heteroatoms. The second-order valence-corrected chi connectivity index (χ2v) is 7.87. The number of oxazole rings is 1. The first-order chi connectivity index (χ1) is 12.6. The molecule has 1 aliphatic heterocycles. The number of hydrogen-bond donors (Lipinski definition) is 0.